The molecule has 17 heavy (non-hydrogen) atoms. The summed E-state index contributed by atoms with van der Waals surface area (Å²) in [5.74, 6) is 0. The molecule has 1 unspecified atom stereocenters. The van der Waals surface area contributed by atoms with Crippen molar-refractivity contribution in [3.63, 3.8) is 0 Å². The standard InChI is InChI=1S/C10H15NO4S2/c1-15-9-2-3-11(5-9)17(13,14)10-4-8(6-12)7-16-10/h4,7,9,12H,2-3,5-6H2,1H3. The minimum Gasteiger partial charge on any atom is -0.392 e. The maximum Gasteiger partial charge on any atom is 0.252 e. The second-order valence-corrected chi connectivity index (χ2v) is 7.02. The summed E-state index contributed by atoms with van der Waals surface area (Å²) < 4.78 is 31.3. The van der Waals surface area contributed by atoms with Gasteiger partial charge >= 0.3 is 0 Å². The monoisotopic (exact) mass is 277 g/mol. The highest BCUT2D eigenvalue weighted by Gasteiger charge is 2.33. The van der Waals surface area contributed by atoms with E-state index >= 15 is 0 Å². The largest absolute Gasteiger partial charge is 0.392 e. The van der Waals surface area contributed by atoms with Crippen molar-refractivity contribution in [2.24, 2.45) is 0 Å². The molecular weight excluding hydrogens is 262 g/mol. The third-order valence-corrected chi connectivity index (χ3v) is 6.18. The van der Waals surface area contributed by atoms with E-state index in [-0.39, 0.29) is 12.7 Å². The fourth-order valence-corrected chi connectivity index (χ4v) is 4.65. The van der Waals surface area contributed by atoms with Gasteiger partial charge in [-0.1, -0.05) is 0 Å². The van der Waals surface area contributed by atoms with E-state index in [1.165, 1.54) is 10.4 Å². The molecule has 2 heterocycles. The minimum atomic E-state index is -3.41. The number of aliphatic hydroxyl groups is 1. The summed E-state index contributed by atoms with van der Waals surface area (Å²) in [6.45, 7) is 0.769. The molecular formula is C10H15NO4S2. The Bertz CT molecular complexity index is 482. The minimum absolute atomic E-state index is 0.0120. The van der Waals surface area contributed by atoms with Gasteiger partial charge in [0.2, 0.25) is 0 Å². The van der Waals surface area contributed by atoms with E-state index < -0.39 is 10.0 Å². The summed E-state index contributed by atoms with van der Waals surface area (Å²) in [6, 6.07) is 1.53. The molecule has 1 aromatic heterocycles. The van der Waals surface area contributed by atoms with Crippen LogP contribution in [0.3, 0.4) is 0 Å². The molecule has 5 nitrogen and oxygen atoms in total. The Kier molecular flexibility index (Phi) is 3.84. The Hall–Kier alpha value is -0.470. The third kappa shape index (κ3) is 2.53. The third-order valence-electron chi connectivity index (χ3n) is 2.85. The van der Waals surface area contributed by atoms with Crippen LogP contribution in [0, 0.1) is 0 Å². The van der Waals surface area contributed by atoms with Crippen LogP contribution in [0.25, 0.3) is 0 Å². The van der Waals surface area contributed by atoms with Gasteiger partial charge in [-0.2, -0.15) is 4.31 Å². The summed E-state index contributed by atoms with van der Waals surface area (Å²) in [7, 11) is -1.82. The van der Waals surface area contributed by atoms with Crippen molar-refractivity contribution >= 4 is 21.4 Å². The van der Waals surface area contributed by atoms with E-state index in [1.807, 2.05) is 0 Å². The predicted molar refractivity (Wildman–Crippen MR) is 64.4 cm³/mol. The van der Waals surface area contributed by atoms with Crippen molar-refractivity contribution < 1.29 is 18.3 Å². The van der Waals surface area contributed by atoms with Crippen molar-refractivity contribution in [2.75, 3.05) is 20.2 Å². The summed E-state index contributed by atoms with van der Waals surface area (Å²) >= 11 is 1.15. The number of sulfonamides is 1. The van der Waals surface area contributed by atoms with Crippen molar-refractivity contribution in [3.8, 4) is 0 Å². The van der Waals surface area contributed by atoms with Crippen molar-refractivity contribution in [3.05, 3.63) is 17.0 Å². The molecule has 0 radical (unpaired) electrons. The van der Waals surface area contributed by atoms with E-state index in [9.17, 15) is 8.42 Å². The van der Waals surface area contributed by atoms with Gasteiger partial charge in [-0.05, 0) is 23.4 Å². The molecule has 0 aliphatic carbocycles. The Balaban J connectivity index is 2.19. The van der Waals surface area contributed by atoms with Gasteiger partial charge in [0.05, 0.1) is 12.7 Å². The maximum atomic E-state index is 12.2. The SMILES string of the molecule is COC1CCN(S(=O)(=O)c2cc(CO)cs2)C1. The van der Waals surface area contributed by atoms with Crippen LogP contribution in [-0.2, 0) is 21.4 Å². The van der Waals surface area contributed by atoms with E-state index in [4.69, 9.17) is 9.84 Å². The van der Waals surface area contributed by atoms with Crippen LogP contribution in [0.5, 0.6) is 0 Å². The van der Waals surface area contributed by atoms with Gasteiger partial charge in [0.25, 0.3) is 10.0 Å². The molecule has 1 saturated heterocycles. The zero-order valence-electron chi connectivity index (χ0n) is 9.50. The number of methoxy groups -OCH3 is 1. The lowest BCUT2D eigenvalue weighted by atomic mass is 10.3. The highest BCUT2D eigenvalue weighted by Crippen LogP contribution is 2.27. The normalized spacial score (nSPS) is 22.1. The lowest BCUT2D eigenvalue weighted by molar-refractivity contribution is 0.115. The zero-order chi connectivity index (χ0) is 12.5. The van der Waals surface area contributed by atoms with Crippen LogP contribution in [0.1, 0.15) is 12.0 Å². The summed E-state index contributed by atoms with van der Waals surface area (Å²) in [4.78, 5) is 0. The Labute approximate surface area is 105 Å². The van der Waals surface area contributed by atoms with Crippen molar-refractivity contribution in [2.45, 2.75) is 23.3 Å². The van der Waals surface area contributed by atoms with Crippen molar-refractivity contribution in [1.29, 1.82) is 0 Å². The molecule has 1 aromatic rings. The van der Waals surface area contributed by atoms with Crippen LogP contribution >= 0.6 is 11.3 Å². The molecule has 1 aliphatic heterocycles. The number of ether oxygens (including phenoxy) is 1. The van der Waals surface area contributed by atoms with E-state index in [0.29, 0.717) is 22.9 Å². The first-order valence-electron chi connectivity index (χ1n) is 5.29. The number of thiophene rings is 1. The van der Waals surface area contributed by atoms with E-state index in [0.717, 1.165) is 17.8 Å². The first kappa shape index (κ1) is 13.0. The average molecular weight is 277 g/mol. The second-order valence-electron chi connectivity index (χ2n) is 3.94. The van der Waals surface area contributed by atoms with Gasteiger partial charge in [-0.25, -0.2) is 8.42 Å². The van der Waals surface area contributed by atoms with Gasteiger partial charge < -0.3 is 9.84 Å². The van der Waals surface area contributed by atoms with Crippen LogP contribution < -0.4 is 0 Å². The highest BCUT2D eigenvalue weighted by molar-refractivity contribution is 7.91. The number of hydrogen-bond donors (Lipinski definition) is 1. The Morgan fingerprint density at radius 3 is 2.94 bits per heavy atom. The average Bonchev–Trinajstić information content (AvgIpc) is 2.98. The number of aliphatic hydroxyl groups excluding tert-OH is 1. The number of nitrogens with zero attached hydrogens (tertiary/aromatic N) is 1. The van der Waals surface area contributed by atoms with Crippen molar-refractivity contribution in [1.82, 2.24) is 4.31 Å². The molecule has 0 bridgehead atoms. The Morgan fingerprint density at radius 2 is 2.41 bits per heavy atom. The van der Waals surface area contributed by atoms with Crippen LogP contribution in [0.15, 0.2) is 15.7 Å². The molecule has 0 aromatic carbocycles. The summed E-state index contributed by atoms with van der Waals surface area (Å²) in [5.41, 5.74) is 0.635. The van der Waals surface area contributed by atoms with Crippen LogP contribution in [-0.4, -0.2) is 44.1 Å². The van der Waals surface area contributed by atoms with E-state index in [1.54, 1.807) is 12.5 Å². The molecule has 1 aliphatic rings. The van der Waals surface area contributed by atoms with Gasteiger partial charge in [0.15, 0.2) is 0 Å². The molecule has 0 saturated carbocycles. The van der Waals surface area contributed by atoms with E-state index in [2.05, 4.69) is 0 Å². The summed E-state index contributed by atoms with van der Waals surface area (Å²) in [6.07, 6.45) is 0.718. The quantitative estimate of drug-likeness (QED) is 0.877. The molecule has 1 atom stereocenters. The van der Waals surface area contributed by atoms with Gasteiger partial charge in [-0.3, -0.25) is 0 Å². The molecule has 2 rings (SSSR count). The molecule has 96 valence electrons. The molecule has 1 fully saturated rings. The topological polar surface area (TPSA) is 66.8 Å². The van der Waals surface area contributed by atoms with Crippen LogP contribution in [0.4, 0.5) is 0 Å². The first-order valence-corrected chi connectivity index (χ1v) is 7.61. The smallest absolute Gasteiger partial charge is 0.252 e. The van der Waals surface area contributed by atoms with Gasteiger partial charge in [0.1, 0.15) is 4.21 Å². The number of hydrogen-bond acceptors (Lipinski definition) is 5. The van der Waals surface area contributed by atoms with Crippen LogP contribution in [0.2, 0.25) is 0 Å². The maximum absolute atomic E-state index is 12.2. The van der Waals surface area contributed by atoms with Gasteiger partial charge in [0, 0.05) is 20.2 Å². The lowest BCUT2D eigenvalue weighted by Crippen LogP contribution is -2.29. The fraction of sp³-hybridized carbons (Fsp3) is 0.600. The molecule has 1 N–H and O–H groups in total. The molecule has 0 spiro atoms. The first-order chi connectivity index (χ1) is 8.07. The molecule has 0 amide bonds. The predicted octanol–water partition coefficient (Wildman–Crippen LogP) is 0.650. The second kappa shape index (κ2) is 5.03. The zero-order valence-corrected chi connectivity index (χ0v) is 11.1. The number of rotatable bonds is 4. The Morgan fingerprint density at radius 1 is 1.65 bits per heavy atom. The lowest BCUT2D eigenvalue weighted by Gasteiger charge is -2.14. The summed E-state index contributed by atoms with van der Waals surface area (Å²) in [5, 5.41) is 10.6. The fourth-order valence-electron chi connectivity index (χ4n) is 1.81. The van der Waals surface area contributed by atoms with Gasteiger partial charge in [-0.15, -0.1) is 11.3 Å². The highest BCUT2D eigenvalue weighted by atomic mass is 32.2. The molecule has 7 heteroatoms.